The summed E-state index contributed by atoms with van der Waals surface area (Å²) in [6, 6.07) is 11.6. The minimum Gasteiger partial charge on any atom is -0.353 e. The van der Waals surface area contributed by atoms with E-state index in [9.17, 15) is 9.59 Å². The first-order valence-corrected chi connectivity index (χ1v) is 11.8. The van der Waals surface area contributed by atoms with E-state index < -0.39 is 0 Å². The van der Waals surface area contributed by atoms with Crippen LogP contribution in [0.4, 0.5) is 11.5 Å². The molecule has 2 saturated heterocycles. The van der Waals surface area contributed by atoms with Crippen LogP contribution in [0.3, 0.4) is 0 Å². The molecule has 168 valence electrons. The lowest BCUT2D eigenvalue weighted by molar-refractivity contribution is 0.0654. The molecule has 4 heterocycles. The second-order valence-corrected chi connectivity index (χ2v) is 8.81. The van der Waals surface area contributed by atoms with Crippen LogP contribution >= 0.6 is 0 Å². The number of anilines is 2. The van der Waals surface area contributed by atoms with E-state index in [2.05, 4.69) is 21.7 Å². The van der Waals surface area contributed by atoms with Gasteiger partial charge in [0, 0.05) is 51.0 Å². The predicted octanol–water partition coefficient (Wildman–Crippen LogP) is 3.23. The third kappa shape index (κ3) is 3.70. The second-order valence-electron chi connectivity index (χ2n) is 8.81. The van der Waals surface area contributed by atoms with Crippen molar-refractivity contribution < 1.29 is 9.59 Å². The number of carbonyl (C=O) groups is 2. The van der Waals surface area contributed by atoms with Crippen molar-refractivity contribution >= 4 is 23.3 Å². The monoisotopic (exact) mass is 433 g/mol. The molecule has 0 spiro atoms. The van der Waals surface area contributed by atoms with Gasteiger partial charge in [0.1, 0.15) is 12.0 Å². The second kappa shape index (κ2) is 8.81. The maximum Gasteiger partial charge on any atom is 0.257 e. The quantitative estimate of drug-likeness (QED) is 0.744. The highest BCUT2D eigenvalue weighted by atomic mass is 16.2. The summed E-state index contributed by atoms with van der Waals surface area (Å²) in [4.78, 5) is 39.4. The molecule has 1 atom stereocenters. The van der Waals surface area contributed by atoms with Gasteiger partial charge in [-0.15, -0.1) is 0 Å². The molecule has 0 bridgehead atoms. The average molecular weight is 434 g/mol. The van der Waals surface area contributed by atoms with Gasteiger partial charge in [-0.3, -0.25) is 9.59 Å². The molecule has 2 amide bonds. The summed E-state index contributed by atoms with van der Waals surface area (Å²) in [7, 11) is 0. The molecule has 32 heavy (non-hydrogen) atoms. The van der Waals surface area contributed by atoms with Crippen LogP contribution in [0.15, 0.2) is 42.6 Å². The molecule has 7 heteroatoms. The van der Waals surface area contributed by atoms with Crippen LogP contribution in [0.1, 0.15) is 53.3 Å². The number of pyridine rings is 1. The van der Waals surface area contributed by atoms with E-state index in [1.807, 2.05) is 46.2 Å². The number of hydrogen-bond acceptors (Lipinski definition) is 5. The summed E-state index contributed by atoms with van der Waals surface area (Å²) in [5.41, 5.74) is 2.31. The van der Waals surface area contributed by atoms with Gasteiger partial charge in [-0.05, 0) is 56.5 Å². The molecule has 7 nitrogen and oxygen atoms in total. The van der Waals surface area contributed by atoms with Crippen LogP contribution < -0.4 is 9.80 Å². The van der Waals surface area contributed by atoms with Crippen molar-refractivity contribution in [3.63, 3.8) is 0 Å². The number of fused-ring (bicyclic) bond motifs is 2. The zero-order chi connectivity index (χ0) is 22.1. The number of rotatable bonds is 3. The Morgan fingerprint density at radius 3 is 2.62 bits per heavy atom. The fourth-order valence-corrected chi connectivity index (χ4v) is 5.29. The van der Waals surface area contributed by atoms with E-state index in [1.165, 1.54) is 6.42 Å². The van der Waals surface area contributed by atoms with Crippen LogP contribution in [0, 0.1) is 0 Å². The minimum absolute atomic E-state index is 0.0419. The Labute approximate surface area is 189 Å². The Bertz CT molecular complexity index is 987. The summed E-state index contributed by atoms with van der Waals surface area (Å²) in [5, 5.41) is 0. The first-order valence-electron chi connectivity index (χ1n) is 11.8. The lowest BCUT2D eigenvalue weighted by atomic mass is 10.0. The summed E-state index contributed by atoms with van der Waals surface area (Å²) in [6.07, 6.45) is 6.27. The zero-order valence-corrected chi connectivity index (χ0v) is 18.7. The highest BCUT2D eigenvalue weighted by Crippen LogP contribution is 2.35. The standard InChI is InChI=1S/C25H31N5O2/c1-2-29-21-18-19(10-11-20(21)25(32)30-13-7-3-4-9-23(29)30)24(31)28-16-14-27(15-17-28)22-8-5-6-12-26-22/h5-6,8,10-12,18,23H,2-4,7,9,13-17H2,1H3. The molecule has 2 fully saturated rings. The number of nitrogens with zero attached hydrogens (tertiary/aromatic N) is 5. The van der Waals surface area contributed by atoms with Crippen LogP contribution in [-0.4, -0.2) is 72.0 Å². The maximum absolute atomic E-state index is 13.3. The molecule has 0 N–H and O–H groups in total. The number of hydrogen-bond donors (Lipinski definition) is 0. The van der Waals surface area contributed by atoms with Gasteiger partial charge >= 0.3 is 0 Å². The Morgan fingerprint density at radius 1 is 1.03 bits per heavy atom. The third-order valence-electron chi connectivity index (χ3n) is 7.01. The van der Waals surface area contributed by atoms with Gasteiger partial charge in [-0.25, -0.2) is 4.98 Å². The fourth-order valence-electron chi connectivity index (χ4n) is 5.29. The number of amides is 2. The van der Waals surface area contributed by atoms with E-state index in [1.54, 1.807) is 6.20 Å². The maximum atomic E-state index is 13.3. The number of piperazine rings is 1. The molecule has 0 saturated carbocycles. The Balaban J connectivity index is 1.35. The van der Waals surface area contributed by atoms with Gasteiger partial charge in [-0.2, -0.15) is 0 Å². The molecule has 1 aromatic carbocycles. The largest absolute Gasteiger partial charge is 0.353 e. The van der Waals surface area contributed by atoms with Gasteiger partial charge in [0.15, 0.2) is 0 Å². The van der Waals surface area contributed by atoms with Gasteiger partial charge < -0.3 is 19.6 Å². The summed E-state index contributed by atoms with van der Waals surface area (Å²) < 4.78 is 0. The number of benzene rings is 1. The first-order chi connectivity index (χ1) is 15.7. The fraction of sp³-hybridized carbons (Fsp3) is 0.480. The molecule has 0 radical (unpaired) electrons. The number of aromatic nitrogens is 1. The Kier molecular flexibility index (Phi) is 5.72. The Morgan fingerprint density at radius 2 is 1.88 bits per heavy atom. The predicted molar refractivity (Wildman–Crippen MR) is 125 cm³/mol. The van der Waals surface area contributed by atoms with Crippen molar-refractivity contribution in [1.29, 1.82) is 0 Å². The van der Waals surface area contributed by atoms with E-state index >= 15 is 0 Å². The van der Waals surface area contributed by atoms with E-state index in [0.717, 1.165) is 62.5 Å². The zero-order valence-electron chi connectivity index (χ0n) is 18.7. The average Bonchev–Trinajstić information content (AvgIpc) is 3.11. The lowest BCUT2D eigenvalue weighted by Crippen LogP contribution is -2.55. The Hall–Kier alpha value is -3.09. The van der Waals surface area contributed by atoms with E-state index in [-0.39, 0.29) is 18.0 Å². The third-order valence-corrected chi connectivity index (χ3v) is 7.01. The highest BCUT2D eigenvalue weighted by Gasteiger charge is 2.38. The van der Waals surface area contributed by atoms with E-state index in [0.29, 0.717) is 18.7 Å². The number of carbonyl (C=O) groups excluding carboxylic acids is 2. The van der Waals surface area contributed by atoms with Crippen molar-refractivity contribution in [2.24, 2.45) is 0 Å². The van der Waals surface area contributed by atoms with Gasteiger partial charge in [-0.1, -0.05) is 12.5 Å². The molecule has 0 aliphatic carbocycles. The smallest absolute Gasteiger partial charge is 0.257 e. The molecule has 1 unspecified atom stereocenters. The molecule has 2 aromatic rings. The SMILES string of the molecule is CCN1c2cc(C(=O)N3CCN(c4ccccn4)CC3)ccc2C(=O)N2CCCCCC21. The molecule has 3 aliphatic rings. The van der Waals surface area contributed by atoms with Crippen LogP contribution in [-0.2, 0) is 0 Å². The van der Waals surface area contributed by atoms with E-state index in [4.69, 9.17) is 0 Å². The van der Waals surface area contributed by atoms with Crippen molar-refractivity contribution in [2.45, 2.75) is 38.8 Å². The molecule has 5 rings (SSSR count). The topological polar surface area (TPSA) is 60.0 Å². The minimum atomic E-state index is 0.0419. The van der Waals surface area contributed by atoms with Gasteiger partial charge in [0.25, 0.3) is 11.8 Å². The van der Waals surface area contributed by atoms with Gasteiger partial charge in [0.05, 0.1) is 11.3 Å². The molecular formula is C25H31N5O2. The van der Waals surface area contributed by atoms with Gasteiger partial charge in [0.2, 0.25) is 0 Å². The van der Waals surface area contributed by atoms with Crippen LogP contribution in [0.25, 0.3) is 0 Å². The molecule has 1 aromatic heterocycles. The molecule has 3 aliphatic heterocycles. The van der Waals surface area contributed by atoms with Crippen molar-refractivity contribution in [3.8, 4) is 0 Å². The normalized spacial score (nSPS) is 21.2. The van der Waals surface area contributed by atoms with Crippen molar-refractivity contribution in [1.82, 2.24) is 14.8 Å². The van der Waals surface area contributed by atoms with Crippen molar-refractivity contribution in [2.75, 3.05) is 49.1 Å². The van der Waals surface area contributed by atoms with Crippen LogP contribution in [0.2, 0.25) is 0 Å². The molecular weight excluding hydrogens is 402 g/mol. The summed E-state index contributed by atoms with van der Waals surface area (Å²) in [5.74, 6) is 1.11. The summed E-state index contributed by atoms with van der Waals surface area (Å²) in [6.45, 7) is 6.64. The lowest BCUT2D eigenvalue weighted by Gasteiger charge is -2.45. The first kappa shape index (κ1) is 20.8. The van der Waals surface area contributed by atoms with Crippen LogP contribution in [0.5, 0.6) is 0 Å². The van der Waals surface area contributed by atoms with Crippen molar-refractivity contribution in [3.05, 3.63) is 53.7 Å². The highest BCUT2D eigenvalue weighted by molar-refractivity contribution is 6.04. The summed E-state index contributed by atoms with van der Waals surface area (Å²) >= 11 is 0.